The molecule has 1 rings (SSSR count). The van der Waals surface area contributed by atoms with Gasteiger partial charge in [0.15, 0.2) is 0 Å². The third-order valence-corrected chi connectivity index (χ3v) is 3.58. The van der Waals surface area contributed by atoms with Gasteiger partial charge in [-0.15, -0.1) is 0 Å². The highest BCUT2D eigenvalue weighted by molar-refractivity contribution is 5.77. The van der Waals surface area contributed by atoms with E-state index in [1.807, 2.05) is 0 Å². The summed E-state index contributed by atoms with van der Waals surface area (Å²) >= 11 is 0. The van der Waals surface area contributed by atoms with Crippen LogP contribution >= 0.6 is 0 Å². The van der Waals surface area contributed by atoms with E-state index >= 15 is 0 Å². The van der Waals surface area contributed by atoms with Crippen LogP contribution in [0.5, 0.6) is 0 Å². The third kappa shape index (κ3) is 4.36. The van der Waals surface area contributed by atoms with E-state index in [2.05, 4.69) is 5.32 Å². The Morgan fingerprint density at radius 3 is 2.00 bits per heavy atom. The van der Waals surface area contributed by atoms with E-state index < -0.39 is 35.2 Å². The van der Waals surface area contributed by atoms with E-state index in [0.717, 1.165) is 0 Å². The van der Waals surface area contributed by atoms with Gasteiger partial charge in [-0.3, -0.25) is 4.79 Å². The summed E-state index contributed by atoms with van der Waals surface area (Å²) in [5.74, 6) is -0.467. The number of carbonyl (C=O) groups excluding carboxylic acids is 1. The van der Waals surface area contributed by atoms with Crippen LogP contribution < -0.4 is 5.32 Å². The van der Waals surface area contributed by atoms with Gasteiger partial charge in [-0.05, 0) is 53.9 Å². The molecule has 0 bridgehead atoms. The van der Waals surface area contributed by atoms with Crippen molar-refractivity contribution in [3.05, 3.63) is 0 Å². The zero-order valence-electron chi connectivity index (χ0n) is 12.7. The van der Waals surface area contributed by atoms with Gasteiger partial charge in [-0.2, -0.15) is 13.2 Å². The van der Waals surface area contributed by atoms with E-state index in [4.69, 9.17) is 4.74 Å². The van der Waals surface area contributed by atoms with Crippen LogP contribution in [0.25, 0.3) is 0 Å². The minimum Gasteiger partial charge on any atom is -0.460 e. The van der Waals surface area contributed by atoms with Gasteiger partial charge in [0.1, 0.15) is 11.6 Å². The largest absolute Gasteiger partial charge is 0.460 e. The predicted octanol–water partition coefficient (Wildman–Crippen LogP) is 3.43. The molecular formula is C14H24F3NO2. The minimum absolute atomic E-state index is 0.0599. The summed E-state index contributed by atoms with van der Waals surface area (Å²) in [5.41, 5.74) is -1.64. The quantitative estimate of drug-likeness (QED) is 0.793. The van der Waals surface area contributed by atoms with Gasteiger partial charge in [-0.25, -0.2) is 0 Å². The molecule has 0 aromatic heterocycles. The van der Waals surface area contributed by atoms with Crippen LogP contribution in [-0.4, -0.2) is 29.8 Å². The zero-order valence-corrected chi connectivity index (χ0v) is 12.7. The second-order valence-electron chi connectivity index (χ2n) is 6.97. The Bertz CT molecular complexity index is 358. The van der Waals surface area contributed by atoms with Crippen LogP contribution in [0.1, 0.15) is 53.9 Å². The number of halogens is 3. The first-order valence-electron chi connectivity index (χ1n) is 6.90. The maximum Gasteiger partial charge on any atom is 0.403 e. The highest BCUT2D eigenvalue weighted by atomic mass is 19.4. The van der Waals surface area contributed by atoms with Crippen LogP contribution in [-0.2, 0) is 9.53 Å². The van der Waals surface area contributed by atoms with Gasteiger partial charge in [0.05, 0.1) is 5.41 Å². The smallest absolute Gasteiger partial charge is 0.403 e. The normalized spacial score (nSPS) is 25.4. The molecule has 1 heterocycles. The first kappa shape index (κ1) is 17.3. The molecule has 6 heteroatoms. The van der Waals surface area contributed by atoms with Crippen molar-refractivity contribution in [3.63, 3.8) is 0 Å². The molecule has 0 aromatic carbocycles. The number of rotatable bonds is 2. The van der Waals surface area contributed by atoms with E-state index in [1.165, 1.54) is 0 Å². The Morgan fingerprint density at radius 2 is 1.55 bits per heavy atom. The highest BCUT2D eigenvalue weighted by Gasteiger charge is 2.48. The van der Waals surface area contributed by atoms with Gasteiger partial charge < -0.3 is 10.1 Å². The third-order valence-electron chi connectivity index (χ3n) is 3.58. The Kier molecular flexibility index (Phi) is 4.79. The van der Waals surface area contributed by atoms with E-state index in [-0.39, 0.29) is 6.42 Å². The number of hydrogen-bond donors (Lipinski definition) is 1. The number of carbonyl (C=O) groups is 1. The summed E-state index contributed by atoms with van der Waals surface area (Å²) < 4.78 is 43.7. The lowest BCUT2D eigenvalue weighted by atomic mass is 9.78. The number of esters is 1. The maximum absolute atomic E-state index is 12.8. The van der Waals surface area contributed by atoms with Crippen LogP contribution in [0.3, 0.4) is 0 Å². The lowest BCUT2D eigenvalue weighted by Gasteiger charge is -2.40. The van der Waals surface area contributed by atoms with Crippen molar-refractivity contribution >= 4 is 5.97 Å². The van der Waals surface area contributed by atoms with Crippen molar-refractivity contribution in [2.75, 3.05) is 0 Å². The molecule has 0 unspecified atom stereocenters. The van der Waals surface area contributed by atoms with Gasteiger partial charge in [0.25, 0.3) is 0 Å². The van der Waals surface area contributed by atoms with Gasteiger partial charge in [-0.1, -0.05) is 0 Å². The Balaban J connectivity index is 2.79. The van der Waals surface area contributed by atoms with Crippen molar-refractivity contribution in [1.82, 2.24) is 5.32 Å². The van der Waals surface area contributed by atoms with Gasteiger partial charge in [0, 0.05) is 6.04 Å². The van der Waals surface area contributed by atoms with Crippen LogP contribution in [0, 0.1) is 5.41 Å². The summed E-state index contributed by atoms with van der Waals surface area (Å²) in [6.45, 7) is 8.50. The molecule has 3 nitrogen and oxygen atoms in total. The number of ether oxygens (including phenoxy) is 1. The zero-order chi connectivity index (χ0) is 15.8. The average Bonchev–Trinajstić information content (AvgIpc) is 2.25. The molecule has 0 saturated carbocycles. The molecule has 0 spiro atoms. The topological polar surface area (TPSA) is 38.3 Å². The number of hydrogen-bond acceptors (Lipinski definition) is 3. The molecule has 2 atom stereocenters. The SMILES string of the molecule is CC(C)(C)OC(=O)C(C)(C)[C@@H]1CCC[C@H](C(F)(F)F)N1. The average molecular weight is 295 g/mol. The van der Waals surface area contributed by atoms with Crippen molar-refractivity contribution < 1.29 is 22.7 Å². The molecule has 1 saturated heterocycles. The number of alkyl halides is 3. The molecule has 1 aliphatic heterocycles. The summed E-state index contributed by atoms with van der Waals surface area (Å²) in [4.78, 5) is 12.2. The minimum atomic E-state index is -4.28. The van der Waals surface area contributed by atoms with Gasteiger partial charge in [0.2, 0.25) is 0 Å². The van der Waals surface area contributed by atoms with Crippen molar-refractivity contribution in [2.45, 2.75) is 77.7 Å². The summed E-state index contributed by atoms with van der Waals surface area (Å²) in [6, 6.07) is -2.07. The van der Waals surface area contributed by atoms with Crippen LogP contribution in [0.2, 0.25) is 0 Å². The molecular weight excluding hydrogens is 271 g/mol. The molecule has 1 aliphatic rings. The van der Waals surface area contributed by atoms with Crippen LogP contribution in [0.15, 0.2) is 0 Å². The van der Waals surface area contributed by atoms with Crippen molar-refractivity contribution in [2.24, 2.45) is 5.41 Å². The molecule has 0 amide bonds. The summed E-state index contributed by atoms with van der Waals surface area (Å²) in [5, 5.41) is 2.57. The first-order chi connectivity index (χ1) is 8.84. The van der Waals surface area contributed by atoms with Gasteiger partial charge >= 0.3 is 12.1 Å². The molecule has 20 heavy (non-hydrogen) atoms. The Morgan fingerprint density at radius 1 is 1.05 bits per heavy atom. The second-order valence-corrected chi connectivity index (χ2v) is 6.97. The summed E-state index contributed by atoms with van der Waals surface area (Å²) in [6.07, 6.45) is -3.22. The number of piperidine rings is 1. The van der Waals surface area contributed by atoms with Crippen LogP contribution in [0.4, 0.5) is 13.2 Å². The van der Waals surface area contributed by atoms with E-state index in [0.29, 0.717) is 12.8 Å². The maximum atomic E-state index is 12.8. The highest BCUT2D eigenvalue weighted by Crippen LogP contribution is 2.35. The van der Waals surface area contributed by atoms with Crippen molar-refractivity contribution in [1.29, 1.82) is 0 Å². The first-order valence-corrected chi connectivity index (χ1v) is 6.90. The standard InChI is InChI=1S/C14H24F3NO2/c1-12(2,3)20-11(19)13(4,5)9-7-6-8-10(18-9)14(15,16)17/h9-10,18H,6-8H2,1-5H3/t9-,10+/m0/s1. The summed E-state index contributed by atoms with van der Waals surface area (Å²) in [7, 11) is 0. The number of nitrogens with one attached hydrogen (secondary N) is 1. The van der Waals surface area contributed by atoms with E-state index in [1.54, 1.807) is 34.6 Å². The lowest BCUT2D eigenvalue weighted by molar-refractivity contribution is -0.178. The Labute approximate surface area is 118 Å². The molecule has 0 aromatic rings. The molecule has 118 valence electrons. The fourth-order valence-electron chi connectivity index (χ4n) is 2.31. The molecule has 0 radical (unpaired) electrons. The second kappa shape index (κ2) is 5.54. The molecule has 1 fully saturated rings. The fraction of sp³-hybridized carbons (Fsp3) is 0.929. The Hall–Kier alpha value is -0.780. The van der Waals surface area contributed by atoms with E-state index in [9.17, 15) is 18.0 Å². The molecule has 1 N–H and O–H groups in total. The predicted molar refractivity (Wildman–Crippen MR) is 70.2 cm³/mol. The molecule has 0 aliphatic carbocycles. The van der Waals surface area contributed by atoms with Crippen molar-refractivity contribution in [3.8, 4) is 0 Å². The fourth-order valence-corrected chi connectivity index (χ4v) is 2.31. The monoisotopic (exact) mass is 295 g/mol. The lowest BCUT2D eigenvalue weighted by Crippen LogP contribution is -2.57.